The Balaban J connectivity index is 1.92. The number of hydrogen-bond donors (Lipinski definition) is 1. The molecule has 0 spiro atoms. The minimum absolute atomic E-state index is 0.107. The van der Waals surface area contributed by atoms with Crippen LogP contribution in [0.25, 0.3) is 0 Å². The van der Waals surface area contributed by atoms with Gasteiger partial charge in [0.1, 0.15) is 0 Å². The highest BCUT2D eigenvalue weighted by atomic mass is 32.2. The van der Waals surface area contributed by atoms with E-state index >= 15 is 0 Å². The van der Waals surface area contributed by atoms with Crippen LogP contribution in [0.15, 0.2) is 29.2 Å². The third-order valence-corrected chi connectivity index (χ3v) is 6.21. The number of rotatable bonds is 3. The largest absolute Gasteiger partial charge is 0.478 e. The Labute approximate surface area is 124 Å². The third-order valence-electron chi connectivity index (χ3n) is 4.29. The van der Waals surface area contributed by atoms with Crippen LogP contribution in [0.5, 0.6) is 0 Å². The molecule has 2 heterocycles. The lowest BCUT2D eigenvalue weighted by Gasteiger charge is -2.36. The maximum atomic E-state index is 12.7. The summed E-state index contributed by atoms with van der Waals surface area (Å²) in [6, 6.07) is 6.08. The molecule has 0 aromatic heterocycles. The zero-order valence-corrected chi connectivity index (χ0v) is 12.4. The number of aromatic carboxylic acids is 1. The van der Waals surface area contributed by atoms with Gasteiger partial charge in [0.05, 0.1) is 10.5 Å². The van der Waals surface area contributed by atoms with Crippen molar-refractivity contribution in [1.29, 1.82) is 0 Å². The SMILES string of the molecule is O=C(O)c1ccccc1S(=O)(=O)N1CCN2CCCC2C1. The second-order valence-electron chi connectivity index (χ2n) is 5.50. The van der Waals surface area contributed by atoms with E-state index in [0.29, 0.717) is 13.1 Å². The van der Waals surface area contributed by atoms with E-state index in [4.69, 9.17) is 0 Å². The van der Waals surface area contributed by atoms with E-state index < -0.39 is 16.0 Å². The van der Waals surface area contributed by atoms with Crippen molar-refractivity contribution in [2.75, 3.05) is 26.2 Å². The molecule has 21 heavy (non-hydrogen) atoms. The first kappa shape index (κ1) is 14.5. The number of nitrogens with zero attached hydrogens (tertiary/aromatic N) is 2. The van der Waals surface area contributed by atoms with Gasteiger partial charge in [-0.3, -0.25) is 4.90 Å². The lowest BCUT2D eigenvalue weighted by Crippen LogP contribution is -2.52. The maximum Gasteiger partial charge on any atom is 0.337 e. The second kappa shape index (κ2) is 5.40. The molecule has 1 aromatic rings. The van der Waals surface area contributed by atoms with Crippen LogP contribution in [0.4, 0.5) is 0 Å². The normalized spacial score (nSPS) is 23.9. The zero-order chi connectivity index (χ0) is 15.0. The van der Waals surface area contributed by atoms with Gasteiger partial charge < -0.3 is 5.11 Å². The topological polar surface area (TPSA) is 77.9 Å². The highest BCUT2D eigenvalue weighted by Crippen LogP contribution is 2.27. The van der Waals surface area contributed by atoms with Crippen molar-refractivity contribution in [1.82, 2.24) is 9.21 Å². The van der Waals surface area contributed by atoms with E-state index in [1.54, 1.807) is 6.07 Å². The molecule has 0 bridgehead atoms. The number of benzene rings is 1. The molecule has 0 saturated carbocycles. The van der Waals surface area contributed by atoms with Gasteiger partial charge in [-0.15, -0.1) is 0 Å². The van der Waals surface area contributed by atoms with Crippen molar-refractivity contribution in [3.63, 3.8) is 0 Å². The maximum absolute atomic E-state index is 12.7. The Morgan fingerprint density at radius 1 is 1.19 bits per heavy atom. The molecule has 1 unspecified atom stereocenters. The third kappa shape index (κ3) is 2.56. The second-order valence-corrected chi connectivity index (χ2v) is 7.40. The average molecular weight is 310 g/mol. The fraction of sp³-hybridized carbons (Fsp3) is 0.500. The van der Waals surface area contributed by atoms with Gasteiger partial charge in [0.25, 0.3) is 0 Å². The fourth-order valence-electron chi connectivity index (χ4n) is 3.19. The molecule has 0 radical (unpaired) electrons. The predicted molar refractivity (Wildman–Crippen MR) is 76.8 cm³/mol. The lowest BCUT2D eigenvalue weighted by atomic mass is 10.2. The van der Waals surface area contributed by atoms with Crippen molar-refractivity contribution in [2.45, 2.75) is 23.8 Å². The summed E-state index contributed by atoms with van der Waals surface area (Å²) >= 11 is 0. The summed E-state index contributed by atoms with van der Waals surface area (Å²) in [5, 5.41) is 9.19. The summed E-state index contributed by atoms with van der Waals surface area (Å²) in [5.41, 5.74) is -0.161. The number of carbonyl (C=O) groups is 1. The number of carboxylic acid groups (broad SMARTS) is 1. The van der Waals surface area contributed by atoms with Crippen LogP contribution in [0.3, 0.4) is 0 Å². The monoisotopic (exact) mass is 310 g/mol. The van der Waals surface area contributed by atoms with Crippen LogP contribution in [-0.4, -0.2) is 60.9 Å². The highest BCUT2D eigenvalue weighted by Gasteiger charge is 2.37. The molecule has 1 atom stereocenters. The van der Waals surface area contributed by atoms with Gasteiger partial charge in [-0.05, 0) is 31.5 Å². The molecular formula is C14H18N2O4S. The van der Waals surface area contributed by atoms with Crippen molar-refractivity contribution in [3.8, 4) is 0 Å². The van der Waals surface area contributed by atoms with Crippen LogP contribution in [-0.2, 0) is 10.0 Å². The van der Waals surface area contributed by atoms with Gasteiger partial charge in [0, 0.05) is 25.7 Å². The summed E-state index contributed by atoms with van der Waals surface area (Å²) in [4.78, 5) is 13.4. The summed E-state index contributed by atoms with van der Waals surface area (Å²) < 4.78 is 26.9. The van der Waals surface area contributed by atoms with Gasteiger partial charge in [0.15, 0.2) is 0 Å². The number of fused-ring (bicyclic) bond motifs is 1. The molecule has 7 heteroatoms. The Hall–Kier alpha value is -1.44. The van der Waals surface area contributed by atoms with E-state index in [2.05, 4.69) is 4.90 Å². The molecule has 2 fully saturated rings. The van der Waals surface area contributed by atoms with Gasteiger partial charge in [-0.2, -0.15) is 4.31 Å². The molecule has 0 amide bonds. The first-order valence-electron chi connectivity index (χ1n) is 7.06. The zero-order valence-electron chi connectivity index (χ0n) is 11.6. The van der Waals surface area contributed by atoms with Crippen LogP contribution < -0.4 is 0 Å². The summed E-state index contributed by atoms with van der Waals surface area (Å²) in [5.74, 6) is -1.21. The lowest BCUT2D eigenvalue weighted by molar-refractivity contribution is 0.0692. The highest BCUT2D eigenvalue weighted by molar-refractivity contribution is 7.89. The summed E-state index contributed by atoms with van der Waals surface area (Å²) in [6.07, 6.45) is 2.11. The molecule has 6 nitrogen and oxygen atoms in total. The van der Waals surface area contributed by atoms with Crippen molar-refractivity contribution in [2.24, 2.45) is 0 Å². The first-order valence-corrected chi connectivity index (χ1v) is 8.50. The minimum Gasteiger partial charge on any atom is -0.478 e. The van der Waals surface area contributed by atoms with Crippen LogP contribution in [0, 0.1) is 0 Å². The van der Waals surface area contributed by atoms with E-state index in [1.807, 2.05) is 0 Å². The Kier molecular flexibility index (Phi) is 3.73. The number of hydrogen-bond acceptors (Lipinski definition) is 4. The Bertz CT molecular complexity index is 659. The standard InChI is InChI=1S/C14H18N2O4S/c17-14(18)12-5-1-2-6-13(12)21(19,20)16-9-8-15-7-3-4-11(15)10-16/h1-2,5-6,11H,3-4,7-10H2,(H,17,18). The van der Waals surface area contributed by atoms with Crippen LogP contribution in [0.2, 0.25) is 0 Å². The Morgan fingerprint density at radius 3 is 2.71 bits per heavy atom. The van der Waals surface area contributed by atoms with E-state index in [9.17, 15) is 18.3 Å². The summed E-state index contributed by atoms with van der Waals surface area (Å²) in [6.45, 7) is 2.63. The van der Waals surface area contributed by atoms with E-state index in [0.717, 1.165) is 25.9 Å². The van der Waals surface area contributed by atoms with Gasteiger partial charge in [-0.1, -0.05) is 12.1 Å². The van der Waals surface area contributed by atoms with Crippen molar-refractivity contribution < 1.29 is 18.3 Å². The molecule has 2 saturated heterocycles. The molecule has 0 aliphatic carbocycles. The molecule has 3 rings (SSSR count). The van der Waals surface area contributed by atoms with Crippen LogP contribution in [0.1, 0.15) is 23.2 Å². The predicted octanol–water partition coefficient (Wildman–Crippen LogP) is 0.853. The Morgan fingerprint density at radius 2 is 1.95 bits per heavy atom. The van der Waals surface area contributed by atoms with E-state index in [-0.39, 0.29) is 16.5 Å². The van der Waals surface area contributed by atoms with Gasteiger partial charge in [0.2, 0.25) is 10.0 Å². The smallest absolute Gasteiger partial charge is 0.337 e. The van der Waals surface area contributed by atoms with Crippen molar-refractivity contribution >= 4 is 16.0 Å². The van der Waals surface area contributed by atoms with Crippen molar-refractivity contribution in [3.05, 3.63) is 29.8 Å². The molecule has 2 aliphatic heterocycles. The number of sulfonamides is 1. The average Bonchev–Trinajstić information content (AvgIpc) is 2.94. The first-order chi connectivity index (χ1) is 10.00. The van der Waals surface area contributed by atoms with E-state index in [1.165, 1.54) is 22.5 Å². The molecule has 2 aliphatic rings. The van der Waals surface area contributed by atoms with Gasteiger partial charge >= 0.3 is 5.97 Å². The number of piperazine rings is 1. The number of carboxylic acids is 1. The molecule has 114 valence electrons. The van der Waals surface area contributed by atoms with Crippen LogP contribution >= 0.6 is 0 Å². The van der Waals surface area contributed by atoms with Gasteiger partial charge in [-0.25, -0.2) is 13.2 Å². The molecule has 1 N–H and O–H groups in total. The molecule has 1 aromatic carbocycles. The minimum atomic E-state index is -3.75. The molecular weight excluding hydrogens is 292 g/mol. The quantitative estimate of drug-likeness (QED) is 0.895. The summed E-state index contributed by atoms with van der Waals surface area (Å²) in [7, 11) is -3.75. The fourth-order valence-corrected chi connectivity index (χ4v) is 4.84.